The Morgan fingerprint density at radius 3 is 2.71 bits per heavy atom. The number of hydrogen-bond acceptors (Lipinski definition) is 5. The van der Waals surface area contributed by atoms with Crippen molar-refractivity contribution in [2.24, 2.45) is 0 Å². The quantitative estimate of drug-likeness (QED) is 0.933. The molecule has 0 atom stereocenters. The first-order valence-corrected chi connectivity index (χ1v) is 7.63. The van der Waals surface area contributed by atoms with Crippen LogP contribution < -0.4 is 10.5 Å². The molecule has 2 aromatic heterocycles. The number of fused-ring (bicyclic) bond motifs is 1. The molecule has 1 aliphatic heterocycles. The van der Waals surface area contributed by atoms with E-state index in [1.54, 1.807) is 7.11 Å². The zero-order chi connectivity index (χ0) is 14.8. The van der Waals surface area contributed by atoms with E-state index in [0.29, 0.717) is 17.9 Å². The normalized spacial score (nSPS) is 17.4. The number of nitrogens with zero attached hydrogens (tertiary/aromatic N) is 4. The van der Waals surface area contributed by atoms with Gasteiger partial charge in [-0.25, -0.2) is 4.98 Å². The van der Waals surface area contributed by atoms with E-state index < -0.39 is 0 Å². The molecule has 1 aliphatic rings. The van der Waals surface area contributed by atoms with Crippen molar-refractivity contribution in [3.63, 3.8) is 0 Å². The maximum Gasteiger partial charge on any atom is 0.215 e. The molecule has 114 valence electrons. The lowest BCUT2D eigenvalue weighted by Crippen LogP contribution is -2.35. The second-order valence-electron chi connectivity index (χ2n) is 5.61. The molecule has 6 heteroatoms. The van der Waals surface area contributed by atoms with Crippen molar-refractivity contribution < 1.29 is 4.74 Å². The van der Waals surface area contributed by atoms with Gasteiger partial charge in [0.25, 0.3) is 0 Å². The van der Waals surface area contributed by atoms with Gasteiger partial charge in [-0.15, -0.1) is 0 Å². The highest BCUT2D eigenvalue weighted by Crippen LogP contribution is 2.29. The zero-order valence-corrected chi connectivity index (χ0v) is 12.7. The summed E-state index contributed by atoms with van der Waals surface area (Å²) in [7, 11) is 1.63. The highest BCUT2D eigenvalue weighted by Gasteiger charge is 2.24. The lowest BCUT2D eigenvalue weighted by molar-refractivity contribution is 0.189. The minimum Gasteiger partial charge on any atom is -0.481 e. The lowest BCUT2D eigenvalue weighted by atomic mass is 10.0. The second-order valence-corrected chi connectivity index (χ2v) is 5.61. The Hall–Kier alpha value is -1.82. The Labute approximate surface area is 124 Å². The number of aromatic nitrogens is 3. The van der Waals surface area contributed by atoms with Crippen LogP contribution in [0.5, 0.6) is 5.88 Å². The largest absolute Gasteiger partial charge is 0.481 e. The third-order valence-corrected chi connectivity index (χ3v) is 4.21. The number of likely N-dealkylation sites (tertiary alicyclic amines) is 1. The number of imidazole rings is 1. The van der Waals surface area contributed by atoms with Crippen LogP contribution in [-0.4, -0.2) is 46.2 Å². The number of rotatable bonds is 4. The first-order chi connectivity index (χ1) is 10.2. The number of anilines is 1. The van der Waals surface area contributed by atoms with Crippen molar-refractivity contribution in [2.45, 2.75) is 32.2 Å². The van der Waals surface area contributed by atoms with E-state index in [2.05, 4.69) is 26.4 Å². The lowest BCUT2D eigenvalue weighted by Gasteiger charge is -2.32. The maximum absolute atomic E-state index is 6.13. The van der Waals surface area contributed by atoms with Gasteiger partial charge in [0.2, 0.25) is 11.8 Å². The molecule has 2 N–H and O–H groups in total. The fourth-order valence-corrected chi connectivity index (χ4v) is 3.17. The maximum atomic E-state index is 6.13. The number of hydrogen-bond donors (Lipinski definition) is 1. The van der Waals surface area contributed by atoms with Crippen molar-refractivity contribution >= 4 is 17.1 Å². The summed E-state index contributed by atoms with van der Waals surface area (Å²) in [6, 6.07) is 4.12. The van der Waals surface area contributed by atoms with E-state index in [0.717, 1.165) is 37.1 Å². The highest BCUT2D eigenvalue weighted by atomic mass is 16.5. The van der Waals surface area contributed by atoms with Crippen LogP contribution in [-0.2, 0) is 0 Å². The highest BCUT2D eigenvalue weighted by molar-refractivity contribution is 5.75. The second kappa shape index (κ2) is 5.89. The molecule has 1 fully saturated rings. The van der Waals surface area contributed by atoms with Crippen molar-refractivity contribution in [2.75, 3.05) is 32.5 Å². The van der Waals surface area contributed by atoms with Gasteiger partial charge in [-0.1, -0.05) is 6.92 Å². The molecule has 2 aromatic rings. The molecular weight excluding hydrogens is 266 g/mol. The van der Waals surface area contributed by atoms with E-state index in [-0.39, 0.29) is 0 Å². The number of methoxy groups -OCH3 is 1. The Morgan fingerprint density at radius 1 is 1.29 bits per heavy atom. The van der Waals surface area contributed by atoms with Gasteiger partial charge in [0.15, 0.2) is 5.65 Å². The van der Waals surface area contributed by atoms with Crippen LogP contribution in [0.1, 0.15) is 32.2 Å². The van der Waals surface area contributed by atoms with E-state index >= 15 is 0 Å². The number of pyridine rings is 1. The monoisotopic (exact) mass is 289 g/mol. The third-order valence-electron chi connectivity index (χ3n) is 4.21. The number of nitrogen functional groups attached to an aromatic ring is 1. The molecule has 3 rings (SSSR count). The van der Waals surface area contributed by atoms with Crippen LogP contribution in [0.2, 0.25) is 0 Å². The minimum atomic E-state index is 0.378. The molecule has 0 bridgehead atoms. The first-order valence-electron chi connectivity index (χ1n) is 7.63. The Kier molecular flexibility index (Phi) is 3.96. The van der Waals surface area contributed by atoms with Gasteiger partial charge in [0.1, 0.15) is 5.52 Å². The summed E-state index contributed by atoms with van der Waals surface area (Å²) < 4.78 is 7.31. The van der Waals surface area contributed by atoms with E-state index in [4.69, 9.17) is 10.5 Å². The molecule has 0 spiro atoms. The summed E-state index contributed by atoms with van der Waals surface area (Å²) in [6.45, 7) is 5.63. The smallest absolute Gasteiger partial charge is 0.215 e. The Balaban J connectivity index is 1.88. The van der Waals surface area contributed by atoms with Crippen LogP contribution in [0.15, 0.2) is 12.1 Å². The van der Waals surface area contributed by atoms with Gasteiger partial charge in [0, 0.05) is 25.2 Å². The molecule has 0 amide bonds. The van der Waals surface area contributed by atoms with Gasteiger partial charge in [-0.3, -0.25) is 4.57 Å². The molecule has 1 saturated heterocycles. The first kappa shape index (κ1) is 14.1. The predicted molar refractivity (Wildman–Crippen MR) is 83.5 cm³/mol. The Bertz CT molecular complexity index is 616. The van der Waals surface area contributed by atoms with Gasteiger partial charge in [-0.2, -0.15) is 4.98 Å². The molecule has 0 unspecified atom stereocenters. The molecule has 0 aromatic carbocycles. The van der Waals surface area contributed by atoms with E-state index in [1.807, 2.05) is 12.1 Å². The molecular formula is C15H23N5O. The van der Waals surface area contributed by atoms with Crippen molar-refractivity contribution in [3.8, 4) is 5.88 Å². The molecule has 6 nitrogen and oxygen atoms in total. The fourth-order valence-electron chi connectivity index (χ4n) is 3.17. The zero-order valence-electron chi connectivity index (χ0n) is 12.7. The van der Waals surface area contributed by atoms with Crippen LogP contribution >= 0.6 is 0 Å². The number of piperidine rings is 1. The van der Waals surface area contributed by atoms with Gasteiger partial charge in [0.05, 0.1) is 7.11 Å². The summed E-state index contributed by atoms with van der Waals surface area (Å²) in [6.07, 6.45) is 3.39. The molecule has 0 saturated carbocycles. The van der Waals surface area contributed by atoms with Crippen LogP contribution in [0.4, 0.5) is 5.95 Å². The summed E-state index contributed by atoms with van der Waals surface area (Å²) in [5, 5.41) is 0. The molecule has 0 radical (unpaired) electrons. The van der Waals surface area contributed by atoms with E-state index in [9.17, 15) is 0 Å². The van der Waals surface area contributed by atoms with Crippen molar-refractivity contribution in [1.29, 1.82) is 0 Å². The average Bonchev–Trinajstić information content (AvgIpc) is 2.83. The van der Waals surface area contributed by atoms with Gasteiger partial charge < -0.3 is 15.4 Å². The standard InChI is InChI=1S/C15H23N5O/c1-3-8-19-9-6-11(7-10-19)20-14-12(17-15(20)16)4-5-13(18-14)21-2/h4-5,11H,3,6-10H2,1-2H3,(H2,16,17). The SMILES string of the molecule is CCCN1CCC(n2c(N)nc3ccc(OC)nc32)CC1. The topological polar surface area (TPSA) is 69.2 Å². The minimum absolute atomic E-state index is 0.378. The average molecular weight is 289 g/mol. The van der Waals surface area contributed by atoms with Crippen LogP contribution in [0, 0.1) is 0 Å². The van der Waals surface area contributed by atoms with Gasteiger partial charge in [-0.05, 0) is 31.9 Å². The summed E-state index contributed by atoms with van der Waals surface area (Å²) in [4.78, 5) is 11.5. The van der Waals surface area contributed by atoms with Crippen LogP contribution in [0.3, 0.4) is 0 Å². The van der Waals surface area contributed by atoms with Crippen LogP contribution in [0.25, 0.3) is 11.2 Å². The number of nitrogens with two attached hydrogens (primary N) is 1. The van der Waals surface area contributed by atoms with Crippen molar-refractivity contribution in [1.82, 2.24) is 19.4 Å². The molecule has 0 aliphatic carbocycles. The van der Waals surface area contributed by atoms with Crippen molar-refractivity contribution in [3.05, 3.63) is 12.1 Å². The fraction of sp³-hybridized carbons (Fsp3) is 0.600. The summed E-state index contributed by atoms with van der Waals surface area (Å²) in [5.74, 6) is 1.16. The van der Waals surface area contributed by atoms with E-state index in [1.165, 1.54) is 13.0 Å². The summed E-state index contributed by atoms with van der Waals surface area (Å²) in [5.41, 5.74) is 7.80. The molecule has 3 heterocycles. The third kappa shape index (κ3) is 2.68. The number of ether oxygens (including phenoxy) is 1. The summed E-state index contributed by atoms with van der Waals surface area (Å²) >= 11 is 0. The predicted octanol–water partition coefficient (Wildman–Crippen LogP) is 2.07. The van der Waals surface area contributed by atoms with Gasteiger partial charge >= 0.3 is 0 Å². The Morgan fingerprint density at radius 2 is 2.05 bits per heavy atom. The molecule has 21 heavy (non-hydrogen) atoms.